The Morgan fingerprint density at radius 1 is 1.20 bits per heavy atom. The van der Waals surface area contributed by atoms with Crippen molar-refractivity contribution in [2.45, 2.75) is 33.2 Å². The van der Waals surface area contributed by atoms with Crippen LogP contribution in [-0.2, 0) is 6.42 Å². The van der Waals surface area contributed by atoms with Crippen LogP contribution in [0.15, 0.2) is 45.5 Å². The fourth-order valence-electron chi connectivity index (χ4n) is 2.44. The third-order valence-electron chi connectivity index (χ3n) is 3.22. The van der Waals surface area contributed by atoms with Crippen LogP contribution in [0.1, 0.15) is 43.7 Å². The van der Waals surface area contributed by atoms with Crippen LogP contribution in [0.25, 0.3) is 0 Å². The molecule has 0 fully saturated rings. The second-order valence-electron chi connectivity index (χ2n) is 5.48. The maximum absolute atomic E-state index is 5.73. The highest BCUT2D eigenvalue weighted by molar-refractivity contribution is 9.10. The smallest absolute Gasteiger partial charge is 0.169 e. The van der Waals surface area contributed by atoms with Crippen molar-refractivity contribution in [1.82, 2.24) is 5.32 Å². The van der Waals surface area contributed by atoms with Gasteiger partial charge in [0, 0.05) is 0 Å². The summed E-state index contributed by atoms with van der Waals surface area (Å²) in [7, 11) is 0. The van der Waals surface area contributed by atoms with Gasteiger partial charge in [-0.25, -0.2) is 0 Å². The van der Waals surface area contributed by atoms with Crippen molar-refractivity contribution in [3.63, 3.8) is 0 Å². The van der Waals surface area contributed by atoms with E-state index in [2.05, 4.69) is 66.3 Å². The summed E-state index contributed by atoms with van der Waals surface area (Å²) in [5.41, 5.74) is 2.64. The van der Waals surface area contributed by atoms with Gasteiger partial charge in [0.05, 0.1) is 6.04 Å². The summed E-state index contributed by atoms with van der Waals surface area (Å²) < 4.78 is 6.50. The van der Waals surface area contributed by atoms with Crippen molar-refractivity contribution in [3.8, 4) is 0 Å². The van der Waals surface area contributed by atoms with Gasteiger partial charge in [0.1, 0.15) is 5.76 Å². The lowest BCUT2D eigenvalue weighted by atomic mass is 9.97. The average Bonchev–Trinajstić information content (AvgIpc) is 2.82. The Balaban J connectivity index is 2.29. The zero-order valence-corrected chi connectivity index (χ0v) is 13.9. The SMILES string of the molecule is CCNC(c1cccc(CC(C)C)c1)c1ccc(Br)o1. The van der Waals surface area contributed by atoms with Gasteiger partial charge in [-0.3, -0.25) is 0 Å². The Kier molecular flexibility index (Phi) is 5.44. The van der Waals surface area contributed by atoms with E-state index in [1.165, 1.54) is 11.1 Å². The van der Waals surface area contributed by atoms with E-state index < -0.39 is 0 Å². The number of hydrogen-bond acceptors (Lipinski definition) is 2. The van der Waals surface area contributed by atoms with E-state index in [0.717, 1.165) is 23.4 Å². The highest BCUT2D eigenvalue weighted by Crippen LogP contribution is 2.27. The Morgan fingerprint density at radius 3 is 2.60 bits per heavy atom. The molecule has 1 N–H and O–H groups in total. The molecule has 0 bridgehead atoms. The minimum atomic E-state index is 0.110. The predicted octanol–water partition coefficient (Wildman–Crippen LogP) is 4.94. The molecule has 2 aromatic rings. The lowest BCUT2D eigenvalue weighted by molar-refractivity contribution is 0.437. The van der Waals surface area contributed by atoms with Gasteiger partial charge in [-0.1, -0.05) is 45.0 Å². The quantitative estimate of drug-likeness (QED) is 0.808. The van der Waals surface area contributed by atoms with E-state index in [1.807, 2.05) is 12.1 Å². The Bertz CT molecular complexity index is 547. The second kappa shape index (κ2) is 7.09. The average molecular weight is 336 g/mol. The van der Waals surface area contributed by atoms with Crippen molar-refractivity contribution in [3.05, 3.63) is 58.0 Å². The topological polar surface area (TPSA) is 25.2 Å². The molecule has 1 aromatic carbocycles. The molecule has 108 valence electrons. The largest absolute Gasteiger partial charge is 0.452 e. The summed E-state index contributed by atoms with van der Waals surface area (Å²) in [6.07, 6.45) is 1.11. The van der Waals surface area contributed by atoms with Gasteiger partial charge < -0.3 is 9.73 Å². The van der Waals surface area contributed by atoms with Gasteiger partial charge in [-0.15, -0.1) is 0 Å². The van der Waals surface area contributed by atoms with Gasteiger partial charge >= 0.3 is 0 Å². The molecule has 0 spiro atoms. The number of nitrogens with one attached hydrogen (secondary N) is 1. The number of hydrogen-bond donors (Lipinski definition) is 1. The third kappa shape index (κ3) is 3.97. The number of furan rings is 1. The normalized spacial score (nSPS) is 12.8. The zero-order chi connectivity index (χ0) is 14.5. The van der Waals surface area contributed by atoms with Gasteiger partial charge in [-0.2, -0.15) is 0 Å². The van der Waals surface area contributed by atoms with E-state index in [9.17, 15) is 0 Å². The van der Waals surface area contributed by atoms with Crippen LogP contribution >= 0.6 is 15.9 Å². The first-order valence-corrected chi connectivity index (χ1v) is 7.97. The van der Waals surface area contributed by atoms with Crippen LogP contribution in [0, 0.1) is 5.92 Å². The lowest BCUT2D eigenvalue weighted by Crippen LogP contribution is -2.21. The molecule has 0 aliphatic rings. The van der Waals surface area contributed by atoms with Crippen molar-refractivity contribution in [2.75, 3.05) is 6.54 Å². The molecule has 2 rings (SSSR count). The van der Waals surface area contributed by atoms with Gasteiger partial charge in [0.2, 0.25) is 0 Å². The maximum atomic E-state index is 5.73. The first-order valence-electron chi connectivity index (χ1n) is 7.17. The van der Waals surface area contributed by atoms with Crippen LogP contribution < -0.4 is 5.32 Å². The molecular weight excluding hydrogens is 314 g/mol. The van der Waals surface area contributed by atoms with Crippen LogP contribution in [0.5, 0.6) is 0 Å². The first kappa shape index (κ1) is 15.3. The molecule has 0 aliphatic heterocycles. The fourth-order valence-corrected chi connectivity index (χ4v) is 2.76. The van der Waals surface area contributed by atoms with E-state index in [-0.39, 0.29) is 6.04 Å². The monoisotopic (exact) mass is 335 g/mol. The minimum Gasteiger partial charge on any atom is -0.452 e. The molecule has 0 saturated carbocycles. The van der Waals surface area contributed by atoms with Gasteiger partial charge in [-0.05, 0) is 58.1 Å². The van der Waals surface area contributed by atoms with Crippen LogP contribution in [0.3, 0.4) is 0 Å². The summed E-state index contributed by atoms with van der Waals surface area (Å²) in [5.74, 6) is 1.61. The van der Waals surface area contributed by atoms with Crippen LogP contribution in [-0.4, -0.2) is 6.54 Å². The molecule has 20 heavy (non-hydrogen) atoms. The molecular formula is C17H22BrNO. The standard InChI is InChI=1S/C17H22BrNO/c1-4-19-17(15-8-9-16(18)20-15)14-7-5-6-13(11-14)10-12(2)3/h5-9,11-12,17,19H,4,10H2,1-3H3. The Labute approximate surface area is 129 Å². The second-order valence-corrected chi connectivity index (χ2v) is 6.26. The van der Waals surface area contributed by atoms with E-state index >= 15 is 0 Å². The van der Waals surface area contributed by atoms with Crippen LogP contribution in [0.4, 0.5) is 0 Å². The van der Waals surface area contributed by atoms with Crippen molar-refractivity contribution >= 4 is 15.9 Å². The molecule has 0 radical (unpaired) electrons. The molecule has 0 aliphatic carbocycles. The van der Waals surface area contributed by atoms with E-state index in [1.54, 1.807) is 0 Å². The maximum Gasteiger partial charge on any atom is 0.169 e. The Morgan fingerprint density at radius 2 is 2.00 bits per heavy atom. The lowest BCUT2D eigenvalue weighted by Gasteiger charge is -2.17. The van der Waals surface area contributed by atoms with Crippen molar-refractivity contribution in [2.24, 2.45) is 5.92 Å². The third-order valence-corrected chi connectivity index (χ3v) is 3.64. The predicted molar refractivity (Wildman–Crippen MR) is 86.9 cm³/mol. The molecule has 3 heteroatoms. The zero-order valence-electron chi connectivity index (χ0n) is 12.3. The van der Waals surface area contributed by atoms with Crippen molar-refractivity contribution in [1.29, 1.82) is 0 Å². The Hall–Kier alpha value is -1.06. The summed E-state index contributed by atoms with van der Waals surface area (Å²) in [6, 6.07) is 12.8. The summed E-state index contributed by atoms with van der Waals surface area (Å²) in [5, 5.41) is 3.49. The molecule has 1 heterocycles. The van der Waals surface area contributed by atoms with E-state index in [0.29, 0.717) is 5.92 Å². The summed E-state index contributed by atoms with van der Waals surface area (Å²) in [4.78, 5) is 0. The minimum absolute atomic E-state index is 0.110. The number of halogens is 1. The number of benzene rings is 1. The highest BCUT2D eigenvalue weighted by Gasteiger charge is 2.17. The molecule has 0 amide bonds. The van der Waals surface area contributed by atoms with Crippen molar-refractivity contribution < 1.29 is 4.42 Å². The van der Waals surface area contributed by atoms with Crippen LogP contribution in [0.2, 0.25) is 0 Å². The highest BCUT2D eigenvalue weighted by atomic mass is 79.9. The van der Waals surface area contributed by atoms with Gasteiger partial charge in [0.15, 0.2) is 4.67 Å². The summed E-state index contributed by atoms with van der Waals surface area (Å²) >= 11 is 3.38. The molecule has 1 atom stereocenters. The fraction of sp³-hybridized carbons (Fsp3) is 0.412. The van der Waals surface area contributed by atoms with E-state index in [4.69, 9.17) is 4.42 Å². The first-order chi connectivity index (χ1) is 9.60. The molecule has 1 unspecified atom stereocenters. The number of rotatable bonds is 6. The molecule has 2 nitrogen and oxygen atoms in total. The summed E-state index contributed by atoms with van der Waals surface area (Å²) in [6.45, 7) is 7.51. The molecule has 0 saturated heterocycles. The van der Waals surface area contributed by atoms with Gasteiger partial charge in [0.25, 0.3) is 0 Å². The molecule has 1 aromatic heterocycles.